The molecule has 0 atom stereocenters. The minimum atomic E-state index is 0.591. The number of benzene rings is 1. The molecule has 1 aliphatic rings. The predicted molar refractivity (Wildman–Crippen MR) is 85.7 cm³/mol. The summed E-state index contributed by atoms with van der Waals surface area (Å²) in [6.45, 7) is 1.95. The molecule has 1 N–H and O–H groups in total. The molecule has 2 aromatic heterocycles. The van der Waals surface area contributed by atoms with Crippen molar-refractivity contribution in [3.63, 3.8) is 0 Å². The van der Waals surface area contributed by atoms with E-state index in [2.05, 4.69) is 20.4 Å². The van der Waals surface area contributed by atoms with Crippen molar-refractivity contribution in [2.75, 3.05) is 18.5 Å². The molecule has 1 aliphatic heterocycles. The Balaban J connectivity index is 1.62. The molecule has 7 heteroatoms. The van der Waals surface area contributed by atoms with Gasteiger partial charge < -0.3 is 14.8 Å². The van der Waals surface area contributed by atoms with Crippen LogP contribution in [-0.4, -0.2) is 33.0 Å². The van der Waals surface area contributed by atoms with Crippen molar-refractivity contribution in [2.24, 2.45) is 7.05 Å². The first kappa shape index (κ1) is 13.8. The Morgan fingerprint density at radius 2 is 2.13 bits per heavy atom. The van der Waals surface area contributed by atoms with Gasteiger partial charge in [0.2, 0.25) is 0 Å². The normalized spacial score (nSPS) is 13.8. The van der Waals surface area contributed by atoms with E-state index in [0.29, 0.717) is 19.8 Å². The average molecular weight is 311 g/mol. The highest BCUT2D eigenvalue weighted by molar-refractivity contribution is 5.85. The van der Waals surface area contributed by atoms with Crippen molar-refractivity contribution in [3.8, 4) is 11.5 Å². The van der Waals surface area contributed by atoms with Gasteiger partial charge in [0.15, 0.2) is 17.1 Å². The van der Waals surface area contributed by atoms with E-state index in [1.807, 2.05) is 25.2 Å². The molecule has 0 bridgehead atoms. The lowest BCUT2D eigenvalue weighted by Gasteiger charge is -2.13. The number of aromatic nitrogens is 4. The third-order valence-electron chi connectivity index (χ3n) is 3.83. The molecule has 0 saturated carbocycles. The van der Waals surface area contributed by atoms with Gasteiger partial charge in [0, 0.05) is 25.6 Å². The topological polar surface area (TPSA) is 74.1 Å². The molecule has 0 radical (unpaired) electrons. The summed E-state index contributed by atoms with van der Waals surface area (Å²) in [4.78, 5) is 8.56. The monoisotopic (exact) mass is 311 g/mol. The molecular formula is C16H17N5O2. The van der Waals surface area contributed by atoms with E-state index in [4.69, 9.17) is 9.47 Å². The Labute approximate surface area is 133 Å². The maximum atomic E-state index is 5.85. The third-order valence-corrected chi connectivity index (χ3v) is 3.83. The minimum absolute atomic E-state index is 0.591. The van der Waals surface area contributed by atoms with Crippen LogP contribution in [0.3, 0.4) is 0 Å². The Hall–Kier alpha value is -2.83. The lowest BCUT2D eigenvalue weighted by atomic mass is 10.2. The van der Waals surface area contributed by atoms with Crippen molar-refractivity contribution in [1.82, 2.24) is 19.7 Å². The second-order valence-corrected chi connectivity index (χ2v) is 5.38. The molecule has 0 unspecified atom stereocenters. The highest BCUT2D eigenvalue weighted by Crippen LogP contribution is 2.33. The molecule has 0 amide bonds. The fourth-order valence-electron chi connectivity index (χ4n) is 2.68. The van der Waals surface area contributed by atoms with Crippen LogP contribution in [0.4, 0.5) is 5.82 Å². The highest BCUT2D eigenvalue weighted by Gasteiger charge is 2.15. The van der Waals surface area contributed by atoms with E-state index in [9.17, 15) is 0 Å². The zero-order chi connectivity index (χ0) is 15.6. The SMILES string of the molecule is Cn1ncc2c(NCc3cccc4c3OCCCO4)ncnc21. The first-order valence-electron chi connectivity index (χ1n) is 7.57. The van der Waals surface area contributed by atoms with Gasteiger partial charge in [-0.15, -0.1) is 0 Å². The number of fused-ring (bicyclic) bond motifs is 2. The van der Waals surface area contributed by atoms with Gasteiger partial charge in [0.05, 0.1) is 24.8 Å². The number of hydrogen-bond acceptors (Lipinski definition) is 6. The van der Waals surface area contributed by atoms with Crippen LogP contribution in [0.2, 0.25) is 0 Å². The van der Waals surface area contributed by atoms with E-state index in [0.717, 1.165) is 40.3 Å². The Morgan fingerprint density at radius 1 is 1.22 bits per heavy atom. The molecule has 0 aliphatic carbocycles. The number of aryl methyl sites for hydroxylation is 1. The highest BCUT2D eigenvalue weighted by atomic mass is 16.5. The Morgan fingerprint density at radius 3 is 3.09 bits per heavy atom. The van der Waals surface area contributed by atoms with Gasteiger partial charge in [0.1, 0.15) is 12.1 Å². The summed E-state index contributed by atoms with van der Waals surface area (Å²) in [6.07, 6.45) is 4.20. The quantitative estimate of drug-likeness (QED) is 0.799. The van der Waals surface area contributed by atoms with Crippen molar-refractivity contribution in [1.29, 1.82) is 0 Å². The number of para-hydroxylation sites is 1. The van der Waals surface area contributed by atoms with E-state index in [1.54, 1.807) is 10.9 Å². The summed E-state index contributed by atoms with van der Waals surface area (Å²) >= 11 is 0. The van der Waals surface area contributed by atoms with Crippen molar-refractivity contribution in [2.45, 2.75) is 13.0 Å². The Kier molecular flexibility index (Phi) is 3.45. The van der Waals surface area contributed by atoms with Crippen LogP contribution < -0.4 is 14.8 Å². The third kappa shape index (κ3) is 2.54. The van der Waals surface area contributed by atoms with E-state index < -0.39 is 0 Å². The molecule has 118 valence electrons. The van der Waals surface area contributed by atoms with Crippen molar-refractivity contribution in [3.05, 3.63) is 36.3 Å². The van der Waals surface area contributed by atoms with Crippen molar-refractivity contribution >= 4 is 16.9 Å². The molecule has 3 heterocycles. The summed E-state index contributed by atoms with van der Waals surface area (Å²) in [5.74, 6) is 2.38. The van der Waals surface area contributed by atoms with Crippen LogP contribution in [0.5, 0.6) is 11.5 Å². The summed E-state index contributed by atoms with van der Waals surface area (Å²) in [5, 5.41) is 8.47. The number of ether oxygens (including phenoxy) is 2. The van der Waals surface area contributed by atoms with Crippen LogP contribution in [0.1, 0.15) is 12.0 Å². The van der Waals surface area contributed by atoms with E-state index >= 15 is 0 Å². The zero-order valence-corrected chi connectivity index (χ0v) is 12.8. The number of nitrogens with zero attached hydrogens (tertiary/aromatic N) is 4. The molecule has 3 aromatic rings. The molecular weight excluding hydrogens is 294 g/mol. The maximum Gasteiger partial charge on any atom is 0.166 e. The van der Waals surface area contributed by atoms with Gasteiger partial charge in [-0.3, -0.25) is 4.68 Å². The standard InChI is InChI=1S/C16H17N5O2/c1-21-16-12(9-20-21)15(18-10-19-16)17-8-11-4-2-5-13-14(11)23-7-3-6-22-13/h2,4-5,9-10H,3,6-8H2,1H3,(H,17,18,19). The van der Waals surface area contributed by atoms with Gasteiger partial charge in [0.25, 0.3) is 0 Å². The first-order valence-corrected chi connectivity index (χ1v) is 7.57. The molecule has 0 saturated heterocycles. The second kappa shape index (κ2) is 5.75. The van der Waals surface area contributed by atoms with E-state index in [-0.39, 0.29) is 0 Å². The summed E-state index contributed by atoms with van der Waals surface area (Å²) in [7, 11) is 1.86. The smallest absolute Gasteiger partial charge is 0.166 e. The van der Waals surface area contributed by atoms with Gasteiger partial charge in [-0.25, -0.2) is 9.97 Å². The van der Waals surface area contributed by atoms with Gasteiger partial charge >= 0.3 is 0 Å². The lowest BCUT2D eigenvalue weighted by Crippen LogP contribution is -2.05. The number of rotatable bonds is 3. The maximum absolute atomic E-state index is 5.85. The first-order chi connectivity index (χ1) is 11.3. The largest absolute Gasteiger partial charge is 0.490 e. The Bertz CT molecular complexity index is 846. The summed E-state index contributed by atoms with van der Waals surface area (Å²) in [6, 6.07) is 5.94. The molecule has 1 aromatic carbocycles. The molecule has 4 rings (SSSR count). The average Bonchev–Trinajstić information content (AvgIpc) is 2.81. The molecule has 0 spiro atoms. The van der Waals surface area contributed by atoms with Crippen LogP contribution in [0, 0.1) is 0 Å². The molecule has 7 nitrogen and oxygen atoms in total. The molecule has 23 heavy (non-hydrogen) atoms. The van der Waals surface area contributed by atoms with Crippen LogP contribution in [-0.2, 0) is 13.6 Å². The van der Waals surface area contributed by atoms with Crippen LogP contribution >= 0.6 is 0 Å². The van der Waals surface area contributed by atoms with Gasteiger partial charge in [-0.1, -0.05) is 12.1 Å². The van der Waals surface area contributed by atoms with Crippen LogP contribution in [0.15, 0.2) is 30.7 Å². The fraction of sp³-hybridized carbons (Fsp3) is 0.312. The number of nitrogens with one attached hydrogen (secondary N) is 1. The van der Waals surface area contributed by atoms with Gasteiger partial charge in [-0.05, 0) is 6.07 Å². The predicted octanol–water partition coefficient (Wildman–Crippen LogP) is 2.14. The zero-order valence-electron chi connectivity index (χ0n) is 12.8. The lowest BCUT2D eigenvalue weighted by molar-refractivity contribution is 0.296. The molecule has 0 fully saturated rings. The minimum Gasteiger partial charge on any atom is -0.490 e. The van der Waals surface area contributed by atoms with Crippen molar-refractivity contribution < 1.29 is 9.47 Å². The fourth-order valence-corrected chi connectivity index (χ4v) is 2.68. The number of hydrogen-bond donors (Lipinski definition) is 1. The van der Waals surface area contributed by atoms with E-state index in [1.165, 1.54) is 6.33 Å². The summed E-state index contributed by atoms with van der Waals surface area (Å²) in [5.41, 5.74) is 1.84. The number of anilines is 1. The van der Waals surface area contributed by atoms with Crippen LogP contribution in [0.25, 0.3) is 11.0 Å². The van der Waals surface area contributed by atoms with Gasteiger partial charge in [-0.2, -0.15) is 5.10 Å². The summed E-state index contributed by atoms with van der Waals surface area (Å²) < 4.78 is 13.3. The second-order valence-electron chi connectivity index (χ2n) is 5.38.